The highest BCUT2D eigenvalue weighted by Gasteiger charge is 2.27. The number of rotatable bonds is 6. The standard InChI is InChI=1S/C20H24N2O4S2/c1-4-26-19-8-6-5-7-16(19)12-21-28(24,25)17-9-10-20-18(11-17)22(15(3)23)13-14(2)27-20/h5-11,14,21H,4,12-13H2,1-3H3/t14-/m0/s1. The van der Waals surface area contributed by atoms with Crippen molar-refractivity contribution in [2.24, 2.45) is 0 Å². The average molecular weight is 421 g/mol. The summed E-state index contributed by atoms with van der Waals surface area (Å²) < 4.78 is 33.9. The largest absolute Gasteiger partial charge is 0.494 e. The Balaban J connectivity index is 1.85. The molecule has 6 nitrogen and oxygen atoms in total. The molecule has 0 spiro atoms. The number of fused-ring (bicyclic) bond motifs is 1. The SMILES string of the molecule is CCOc1ccccc1CNS(=O)(=O)c1ccc2c(c1)N(C(C)=O)C[C@H](C)S2. The van der Waals surface area contributed by atoms with E-state index in [1.54, 1.807) is 34.9 Å². The molecule has 1 heterocycles. The molecule has 1 atom stereocenters. The highest BCUT2D eigenvalue weighted by molar-refractivity contribution is 8.00. The second-order valence-corrected chi connectivity index (χ2v) is 9.80. The fraction of sp³-hybridized carbons (Fsp3) is 0.350. The van der Waals surface area contributed by atoms with Crippen LogP contribution in [-0.4, -0.2) is 32.7 Å². The van der Waals surface area contributed by atoms with Crippen LogP contribution in [0, 0.1) is 0 Å². The predicted octanol–water partition coefficient (Wildman–Crippen LogP) is 3.41. The number of nitrogens with zero attached hydrogens (tertiary/aromatic N) is 1. The molecule has 0 saturated carbocycles. The Morgan fingerprint density at radius 2 is 2.04 bits per heavy atom. The summed E-state index contributed by atoms with van der Waals surface area (Å²) in [5.74, 6) is 0.563. The van der Waals surface area contributed by atoms with Crippen molar-refractivity contribution in [1.82, 2.24) is 4.72 Å². The molecular weight excluding hydrogens is 396 g/mol. The maximum absolute atomic E-state index is 12.8. The van der Waals surface area contributed by atoms with E-state index in [1.165, 1.54) is 6.92 Å². The summed E-state index contributed by atoms with van der Waals surface area (Å²) in [6.07, 6.45) is 0. The Morgan fingerprint density at radius 1 is 1.29 bits per heavy atom. The molecule has 1 N–H and O–H groups in total. The predicted molar refractivity (Wildman–Crippen MR) is 111 cm³/mol. The van der Waals surface area contributed by atoms with Crippen molar-refractivity contribution in [3.05, 3.63) is 48.0 Å². The highest BCUT2D eigenvalue weighted by Crippen LogP contribution is 2.39. The first-order valence-electron chi connectivity index (χ1n) is 9.11. The van der Waals surface area contributed by atoms with Crippen LogP contribution < -0.4 is 14.4 Å². The van der Waals surface area contributed by atoms with E-state index in [2.05, 4.69) is 4.72 Å². The Hall–Kier alpha value is -2.03. The first kappa shape index (κ1) is 20.7. The molecule has 2 aromatic carbocycles. The van der Waals surface area contributed by atoms with Gasteiger partial charge >= 0.3 is 0 Å². The Labute approximate surface area is 170 Å². The number of para-hydroxylation sites is 1. The quantitative estimate of drug-likeness (QED) is 0.775. The zero-order valence-electron chi connectivity index (χ0n) is 16.1. The highest BCUT2D eigenvalue weighted by atomic mass is 32.2. The van der Waals surface area contributed by atoms with Crippen LogP contribution in [0.5, 0.6) is 5.75 Å². The molecule has 3 rings (SSSR count). The maximum Gasteiger partial charge on any atom is 0.240 e. The number of nitrogens with one attached hydrogen (secondary N) is 1. The number of hydrogen-bond donors (Lipinski definition) is 1. The topological polar surface area (TPSA) is 75.7 Å². The molecule has 150 valence electrons. The van der Waals surface area contributed by atoms with Gasteiger partial charge in [-0.1, -0.05) is 25.1 Å². The number of carbonyl (C=O) groups excluding carboxylic acids is 1. The lowest BCUT2D eigenvalue weighted by molar-refractivity contribution is -0.116. The third-order valence-electron chi connectivity index (χ3n) is 4.40. The van der Waals surface area contributed by atoms with E-state index < -0.39 is 10.0 Å². The van der Waals surface area contributed by atoms with Crippen LogP contribution in [0.1, 0.15) is 26.3 Å². The third kappa shape index (κ3) is 4.51. The zero-order chi connectivity index (χ0) is 20.3. The van der Waals surface area contributed by atoms with Gasteiger partial charge in [0.2, 0.25) is 15.9 Å². The van der Waals surface area contributed by atoms with Crippen molar-refractivity contribution in [2.45, 2.75) is 42.4 Å². The third-order valence-corrected chi connectivity index (χ3v) is 6.95. The first-order chi connectivity index (χ1) is 13.3. The number of amides is 1. The maximum atomic E-state index is 12.8. The fourth-order valence-electron chi connectivity index (χ4n) is 3.08. The molecule has 1 amide bonds. The molecule has 0 aliphatic carbocycles. The number of carbonyl (C=O) groups is 1. The van der Waals surface area contributed by atoms with Crippen LogP contribution in [0.4, 0.5) is 5.69 Å². The van der Waals surface area contributed by atoms with Gasteiger partial charge in [0.05, 0.1) is 17.2 Å². The fourth-order valence-corrected chi connectivity index (χ4v) is 5.20. The average Bonchev–Trinajstić information content (AvgIpc) is 2.66. The minimum atomic E-state index is -3.74. The van der Waals surface area contributed by atoms with Crippen LogP contribution >= 0.6 is 11.8 Å². The lowest BCUT2D eigenvalue weighted by Gasteiger charge is -2.32. The summed E-state index contributed by atoms with van der Waals surface area (Å²) in [4.78, 5) is 14.7. The summed E-state index contributed by atoms with van der Waals surface area (Å²) in [6, 6.07) is 12.3. The first-order valence-corrected chi connectivity index (χ1v) is 11.5. The van der Waals surface area contributed by atoms with Gasteiger partial charge in [0.15, 0.2) is 0 Å². The van der Waals surface area contributed by atoms with E-state index in [0.717, 1.165) is 10.5 Å². The van der Waals surface area contributed by atoms with E-state index >= 15 is 0 Å². The van der Waals surface area contributed by atoms with Crippen molar-refractivity contribution in [1.29, 1.82) is 0 Å². The van der Waals surface area contributed by atoms with Crippen molar-refractivity contribution < 1.29 is 17.9 Å². The molecule has 0 unspecified atom stereocenters. The lowest BCUT2D eigenvalue weighted by atomic mass is 10.2. The summed E-state index contributed by atoms with van der Waals surface area (Å²) in [7, 11) is -3.74. The molecule has 0 radical (unpaired) electrons. The zero-order valence-corrected chi connectivity index (χ0v) is 17.8. The van der Waals surface area contributed by atoms with Crippen LogP contribution in [-0.2, 0) is 21.4 Å². The minimum absolute atomic E-state index is 0.0958. The van der Waals surface area contributed by atoms with Gasteiger partial charge in [-0.2, -0.15) is 0 Å². The van der Waals surface area contributed by atoms with Crippen molar-refractivity contribution in [3.8, 4) is 5.75 Å². The minimum Gasteiger partial charge on any atom is -0.494 e. The van der Waals surface area contributed by atoms with Gasteiger partial charge in [-0.25, -0.2) is 13.1 Å². The number of sulfonamides is 1. The van der Waals surface area contributed by atoms with Crippen molar-refractivity contribution in [3.63, 3.8) is 0 Å². The number of anilines is 1. The number of benzene rings is 2. The molecule has 1 aliphatic heterocycles. The molecule has 28 heavy (non-hydrogen) atoms. The molecule has 1 aliphatic rings. The van der Waals surface area contributed by atoms with Gasteiger partial charge in [-0.05, 0) is 31.2 Å². The summed E-state index contributed by atoms with van der Waals surface area (Å²) >= 11 is 1.64. The second kappa shape index (κ2) is 8.55. The summed E-state index contributed by atoms with van der Waals surface area (Å²) in [5.41, 5.74) is 1.41. The molecule has 0 fully saturated rings. The second-order valence-electron chi connectivity index (χ2n) is 6.55. The van der Waals surface area contributed by atoms with E-state index in [-0.39, 0.29) is 22.6 Å². The van der Waals surface area contributed by atoms with Gasteiger partial charge < -0.3 is 9.64 Å². The number of hydrogen-bond acceptors (Lipinski definition) is 5. The molecule has 0 saturated heterocycles. The van der Waals surface area contributed by atoms with E-state index in [9.17, 15) is 13.2 Å². The van der Waals surface area contributed by atoms with Gasteiger partial charge in [-0.3, -0.25) is 4.79 Å². The smallest absolute Gasteiger partial charge is 0.240 e. The van der Waals surface area contributed by atoms with Crippen molar-refractivity contribution in [2.75, 3.05) is 18.1 Å². The van der Waals surface area contributed by atoms with Crippen LogP contribution in [0.2, 0.25) is 0 Å². The molecular formula is C20H24N2O4S2. The number of ether oxygens (including phenoxy) is 1. The van der Waals surface area contributed by atoms with Crippen LogP contribution in [0.15, 0.2) is 52.3 Å². The molecule has 8 heteroatoms. The van der Waals surface area contributed by atoms with Gasteiger partial charge in [0.1, 0.15) is 5.75 Å². The molecule has 0 bridgehead atoms. The summed E-state index contributed by atoms with van der Waals surface area (Å²) in [6.45, 7) is 6.62. The normalized spacial score (nSPS) is 16.5. The van der Waals surface area contributed by atoms with Gasteiger partial charge in [0.25, 0.3) is 0 Å². The molecule has 2 aromatic rings. The Morgan fingerprint density at radius 3 is 2.75 bits per heavy atom. The van der Waals surface area contributed by atoms with Crippen molar-refractivity contribution >= 4 is 33.4 Å². The van der Waals surface area contributed by atoms with Crippen LogP contribution in [0.3, 0.4) is 0 Å². The van der Waals surface area contributed by atoms with E-state index in [4.69, 9.17) is 4.74 Å². The van der Waals surface area contributed by atoms with Gasteiger partial charge in [-0.15, -0.1) is 11.8 Å². The van der Waals surface area contributed by atoms with Gasteiger partial charge in [0, 0.05) is 35.7 Å². The lowest BCUT2D eigenvalue weighted by Crippen LogP contribution is -2.37. The summed E-state index contributed by atoms with van der Waals surface area (Å²) in [5, 5.41) is 0.257. The monoisotopic (exact) mass is 420 g/mol. The van der Waals surface area contributed by atoms with Crippen LogP contribution in [0.25, 0.3) is 0 Å². The molecule has 0 aromatic heterocycles. The number of thioether (sulfide) groups is 1. The Bertz CT molecular complexity index is 976. The Kier molecular flexibility index (Phi) is 6.32. The van der Waals surface area contributed by atoms with E-state index in [0.29, 0.717) is 24.6 Å². The van der Waals surface area contributed by atoms with E-state index in [1.807, 2.05) is 38.1 Å².